The van der Waals surface area contributed by atoms with Crippen LogP contribution in [0.3, 0.4) is 0 Å². The molecule has 0 fully saturated rings. The van der Waals surface area contributed by atoms with Gasteiger partial charge in [-0.1, -0.05) is 66.7 Å². The lowest BCUT2D eigenvalue weighted by Gasteiger charge is -2.16. The minimum absolute atomic E-state index is 0.241. The maximum absolute atomic E-state index is 12.8. The average molecular weight is 410 g/mol. The number of carbonyl (C=O) groups is 2. The first-order valence-electron chi connectivity index (χ1n) is 10.0. The highest BCUT2D eigenvalue weighted by molar-refractivity contribution is 5.97. The molecule has 0 bridgehead atoms. The monoisotopic (exact) mass is 410 g/mol. The number of benzene rings is 3. The van der Waals surface area contributed by atoms with E-state index in [4.69, 9.17) is 4.74 Å². The number of pyridine rings is 1. The number of fused-ring (bicyclic) bond motifs is 1. The summed E-state index contributed by atoms with van der Waals surface area (Å²) in [4.78, 5) is 29.7. The van der Waals surface area contributed by atoms with Gasteiger partial charge in [0, 0.05) is 23.1 Å². The number of hydrogen-bond acceptors (Lipinski definition) is 4. The average Bonchev–Trinajstić information content (AvgIpc) is 2.83. The predicted octanol–water partition coefficient (Wildman–Crippen LogP) is 4.42. The molecule has 1 aromatic heterocycles. The Hall–Kier alpha value is -3.99. The van der Waals surface area contributed by atoms with Crippen molar-refractivity contribution in [3.05, 3.63) is 102 Å². The second-order valence-corrected chi connectivity index (χ2v) is 7.19. The largest absolute Gasteiger partial charge is 0.467 e. The van der Waals surface area contributed by atoms with E-state index in [1.807, 2.05) is 78.9 Å². The SMILES string of the molecule is COC(=O)[C@H](Cc1ccc2ccccc2n1)NC(=O)c1ccc(-c2ccccc2)cc1. The molecule has 0 aliphatic rings. The molecular weight excluding hydrogens is 388 g/mol. The van der Waals surface area contributed by atoms with Gasteiger partial charge in [-0.05, 0) is 35.4 Å². The van der Waals surface area contributed by atoms with Gasteiger partial charge in [0.15, 0.2) is 0 Å². The molecule has 31 heavy (non-hydrogen) atoms. The summed E-state index contributed by atoms with van der Waals surface area (Å²) in [7, 11) is 1.31. The number of carbonyl (C=O) groups excluding carboxylic acids is 2. The molecule has 1 atom stereocenters. The zero-order chi connectivity index (χ0) is 21.6. The molecule has 1 heterocycles. The number of para-hydroxylation sites is 1. The first-order valence-corrected chi connectivity index (χ1v) is 10.0. The zero-order valence-electron chi connectivity index (χ0n) is 17.1. The van der Waals surface area contributed by atoms with Crippen LogP contribution in [0.5, 0.6) is 0 Å². The van der Waals surface area contributed by atoms with Gasteiger partial charge in [-0.2, -0.15) is 0 Å². The summed E-state index contributed by atoms with van der Waals surface area (Å²) in [5.41, 5.74) is 4.10. The van der Waals surface area contributed by atoms with Crippen molar-refractivity contribution in [2.45, 2.75) is 12.5 Å². The Morgan fingerprint density at radius 1 is 0.839 bits per heavy atom. The Balaban J connectivity index is 1.50. The van der Waals surface area contributed by atoms with Crippen molar-refractivity contribution in [3.8, 4) is 11.1 Å². The molecule has 3 aromatic carbocycles. The Morgan fingerprint density at radius 3 is 2.26 bits per heavy atom. The van der Waals surface area contributed by atoms with Gasteiger partial charge in [0.05, 0.1) is 12.6 Å². The molecule has 4 rings (SSSR count). The lowest BCUT2D eigenvalue weighted by Crippen LogP contribution is -2.43. The molecule has 4 aromatic rings. The molecule has 0 unspecified atom stereocenters. The molecule has 0 spiro atoms. The molecule has 154 valence electrons. The number of rotatable bonds is 6. The molecule has 1 amide bonds. The van der Waals surface area contributed by atoms with Gasteiger partial charge in [0.2, 0.25) is 0 Å². The van der Waals surface area contributed by atoms with E-state index in [9.17, 15) is 9.59 Å². The lowest BCUT2D eigenvalue weighted by atomic mass is 10.0. The van der Waals surface area contributed by atoms with Crippen LogP contribution in [0.2, 0.25) is 0 Å². The summed E-state index contributed by atoms with van der Waals surface area (Å²) in [5, 5.41) is 3.80. The van der Waals surface area contributed by atoms with Crippen LogP contribution in [-0.2, 0) is 16.0 Å². The third-order valence-electron chi connectivity index (χ3n) is 5.11. The van der Waals surface area contributed by atoms with Crippen molar-refractivity contribution < 1.29 is 14.3 Å². The quantitative estimate of drug-likeness (QED) is 0.478. The van der Waals surface area contributed by atoms with Crippen LogP contribution in [0.25, 0.3) is 22.0 Å². The maximum Gasteiger partial charge on any atom is 0.328 e. The molecule has 0 radical (unpaired) electrons. The van der Waals surface area contributed by atoms with Crippen LogP contribution < -0.4 is 5.32 Å². The number of ether oxygens (including phenoxy) is 1. The third-order valence-corrected chi connectivity index (χ3v) is 5.11. The molecule has 0 saturated heterocycles. The molecule has 0 saturated carbocycles. The molecule has 1 N–H and O–H groups in total. The van der Waals surface area contributed by atoms with Crippen molar-refractivity contribution >= 4 is 22.8 Å². The number of aromatic nitrogens is 1. The highest BCUT2D eigenvalue weighted by Crippen LogP contribution is 2.19. The Morgan fingerprint density at radius 2 is 1.52 bits per heavy atom. The summed E-state index contributed by atoms with van der Waals surface area (Å²) in [6, 6.07) is 27.9. The summed E-state index contributed by atoms with van der Waals surface area (Å²) in [5.74, 6) is -0.847. The molecule has 5 heteroatoms. The summed E-state index contributed by atoms with van der Waals surface area (Å²) < 4.78 is 4.90. The minimum atomic E-state index is -0.833. The highest BCUT2D eigenvalue weighted by Gasteiger charge is 2.23. The van der Waals surface area contributed by atoms with Crippen LogP contribution in [0.15, 0.2) is 91.0 Å². The van der Waals surface area contributed by atoms with E-state index in [0.29, 0.717) is 11.3 Å². The fraction of sp³-hybridized carbons (Fsp3) is 0.115. The standard InChI is InChI=1S/C26H22N2O3/c1-31-26(30)24(17-22-16-15-20-9-5-6-10-23(20)27-22)28-25(29)21-13-11-19(12-14-21)18-7-3-2-4-8-18/h2-16,24H,17H2,1H3,(H,28,29)/t24-/m0/s1. The Kier molecular flexibility index (Phi) is 6.03. The summed E-state index contributed by atoms with van der Waals surface area (Å²) in [6.07, 6.45) is 0.241. The third kappa shape index (κ3) is 4.78. The van der Waals surface area contributed by atoms with Crippen molar-refractivity contribution in [2.24, 2.45) is 0 Å². The predicted molar refractivity (Wildman–Crippen MR) is 121 cm³/mol. The summed E-state index contributed by atoms with van der Waals surface area (Å²) in [6.45, 7) is 0. The van der Waals surface area contributed by atoms with Gasteiger partial charge in [0.1, 0.15) is 6.04 Å². The maximum atomic E-state index is 12.8. The van der Waals surface area contributed by atoms with Gasteiger partial charge < -0.3 is 10.1 Å². The van der Waals surface area contributed by atoms with Crippen LogP contribution in [-0.4, -0.2) is 30.0 Å². The van der Waals surface area contributed by atoms with Crippen LogP contribution in [0.1, 0.15) is 16.1 Å². The zero-order valence-corrected chi connectivity index (χ0v) is 17.1. The van der Waals surface area contributed by atoms with E-state index in [2.05, 4.69) is 10.3 Å². The number of methoxy groups -OCH3 is 1. The van der Waals surface area contributed by atoms with Crippen molar-refractivity contribution in [1.82, 2.24) is 10.3 Å². The molecule has 0 aliphatic carbocycles. The van der Waals surface area contributed by atoms with Gasteiger partial charge in [-0.15, -0.1) is 0 Å². The minimum Gasteiger partial charge on any atom is -0.467 e. The lowest BCUT2D eigenvalue weighted by molar-refractivity contribution is -0.142. The number of nitrogens with zero attached hydrogens (tertiary/aromatic N) is 1. The Bertz CT molecular complexity index is 1200. The van der Waals surface area contributed by atoms with E-state index in [1.54, 1.807) is 12.1 Å². The smallest absolute Gasteiger partial charge is 0.328 e. The van der Waals surface area contributed by atoms with Gasteiger partial charge in [-0.25, -0.2) is 4.79 Å². The van der Waals surface area contributed by atoms with Gasteiger partial charge in [0.25, 0.3) is 5.91 Å². The van der Waals surface area contributed by atoms with E-state index in [0.717, 1.165) is 22.0 Å². The first kappa shape index (κ1) is 20.3. The highest BCUT2D eigenvalue weighted by atomic mass is 16.5. The van der Waals surface area contributed by atoms with Crippen LogP contribution >= 0.6 is 0 Å². The van der Waals surface area contributed by atoms with Gasteiger partial charge in [-0.3, -0.25) is 9.78 Å². The first-order chi connectivity index (χ1) is 15.1. The van der Waals surface area contributed by atoms with E-state index < -0.39 is 12.0 Å². The van der Waals surface area contributed by atoms with Crippen molar-refractivity contribution in [2.75, 3.05) is 7.11 Å². The normalized spacial score (nSPS) is 11.6. The molecule has 5 nitrogen and oxygen atoms in total. The second-order valence-electron chi connectivity index (χ2n) is 7.19. The second kappa shape index (κ2) is 9.22. The topological polar surface area (TPSA) is 68.3 Å². The number of esters is 1. The number of nitrogens with one attached hydrogen (secondary N) is 1. The molecular formula is C26H22N2O3. The fourth-order valence-electron chi connectivity index (χ4n) is 3.45. The fourth-order valence-corrected chi connectivity index (χ4v) is 3.45. The van der Waals surface area contributed by atoms with Crippen molar-refractivity contribution in [1.29, 1.82) is 0 Å². The summed E-state index contributed by atoms with van der Waals surface area (Å²) >= 11 is 0. The van der Waals surface area contributed by atoms with E-state index >= 15 is 0 Å². The Labute approximate surface area is 180 Å². The van der Waals surface area contributed by atoms with Gasteiger partial charge >= 0.3 is 5.97 Å². The number of hydrogen-bond donors (Lipinski definition) is 1. The van der Waals surface area contributed by atoms with Crippen LogP contribution in [0.4, 0.5) is 0 Å². The van der Waals surface area contributed by atoms with Crippen LogP contribution in [0, 0.1) is 0 Å². The van der Waals surface area contributed by atoms with Crippen molar-refractivity contribution in [3.63, 3.8) is 0 Å². The number of amides is 1. The van der Waals surface area contributed by atoms with E-state index in [1.165, 1.54) is 7.11 Å². The van der Waals surface area contributed by atoms with E-state index in [-0.39, 0.29) is 12.3 Å². The molecule has 0 aliphatic heterocycles.